The molecule has 0 spiro atoms. The Morgan fingerprint density at radius 2 is 1.89 bits per heavy atom. The summed E-state index contributed by atoms with van der Waals surface area (Å²) in [6, 6.07) is 10.4. The van der Waals surface area contributed by atoms with Gasteiger partial charge in [0.2, 0.25) is 0 Å². The summed E-state index contributed by atoms with van der Waals surface area (Å²) in [4.78, 5) is 0. The number of methoxy groups -OCH3 is 1. The highest BCUT2D eigenvalue weighted by molar-refractivity contribution is 5.58. The molecule has 2 aromatic rings. The van der Waals surface area contributed by atoms with Crippen molar-refractivity contribution in [3.05, 3.63) is 47.5 Å². The normalized spacial score (nSPS) is 10.2. The molecule has 4 heteroatoms. The zero-order valence-electron chi connectivity index (χ0n) is 11.0. The van der Waals surface area contributed by atoms with Crippen LogP contribution in [-0.2, 0) is 6.54 Å². The van der Waals surface area contributed by atoms with Gasteiger partial charge in [0.1, 0.15) is 17.2 Å². The van der Waals surface area contributed by atoms with Gasteiger partial charge in [0, 0.05) is 18.2 Å². The molecule has 0 atom stereocenters. The summed E-state index contributed by atoms with van der Waals surface area (Å²) in [7, 11) is 1.62. The number of phenols is 2. The fourth-order valence-electron chi connectivity index (χ4n) is 1.84. The van der Waals surface area contributed by atoms with E-state index >= 15 is 0 Å². The largest absolute Gasteiger partial charge is 0.508 e. The minimum Gasteiger partial charge on any atom is -0.508 e. The van der Waals surface area contributed by atoms with E-state index in [0.29, 0.717) is 12.1 Å². The number of nitrogens with one attached hydrogen (secondary N) is 1. The van der Waals surface area contributed by atoms with E-state index in [1.807, 2.05) is 25.1 Å². The van der Waals surface area contributed by atoms with Crippen LogP contribution in [0.15, 0.2) is 36.4 Å². The summed E-state index contributed by atoms with van der Waals surface area (Å²) in [5.74, 6) is 0.881. The first-order valence-corrected chi connectivity index (χ1v) is 5.99. The van der Waals surface area contributed by atoms with Gasteiger partial charge in [-0.25, -0.2) is 0 Å². The Kier molecular flexibility index (Phi) is 3.80. The Labute approximate surface area is 112 Å². The Morgan fingerprint density at radius 3 is 2.58 bits per heavy atom. The number of ether oxygens (including phenoxy) is 1. The van der Waals surface area contributed by atoms with Gasteiger partial charge in [-0.15, -0.1) is 0 Å². The molecule has 0 bridgehead atoms. The number of phenolic OH excluding ortho intramolecular Hbond substituents is 2. The number of rotatable bonds is 4. The first kappa shape index (κ1) is 13.1. The molecule has 0 saturated heterocycles. The molecule has 0 saturated carbocycles. The molecule has 0 radical (unpaired) electrons. The SMILES string of the molecule is COc1cc(C)ccc1NCc1ccc(O)cc1O. The summed E-state index contributed by atoms with van der Waals surface area (Å²) < 4.78 is 5.30. The average Bonchev–Trinajstić information content (AvgIpc) is 2.39. The minimum atomic E-state index is 0.0502. The second-order valence-electron chi connectivity index (χ2n) is 4.37. The summed E-state index contributed by atoms with van der Waals surface area (Å²) in [5.41, 5.74) is 2.69. The van der Waals surface area contributed by atoms with Crippen LogP contribution in [0.1, 0.15) is 11.1 Å². The third kappa shape index (κ3) is 3.10. The van der Waals surface area contributed by atoms with Crippen LogP contribution in [0.3, 0.4) is 0 Å². The molecule has 0 heterocycles. The van der Waals surface area contributed by atoms with Gasteiger partial charge in [-0.1, -0.05) is 6.07 Å². The van der Waals surface area contributed by atoms with Gasteiger partial charge in [0.05, 0.1) is 12.8 Å². The average molecular weight is 259 g/mol. The predicted octanol–water partition coefficient (Wildman–Crippen LogP) is 3.03. The van der Waals surface area contributed by atoms with E-state index < -0.39 is 0 Å². The molecule has 0 aliphatic heterocycles. The lowest BCUT2D eigenvalue weighted by Gasteiger charge is -2.12. The zero-order chi connectivity index (χ0) is 13.8. The van der Waals surface area contributed by atoms with E-state index in [4.69, 9.17) is 4.74 Å². The Hall–Kier alpha value is -2.36. The van der Waals surface area contributed by atoms with E-state index in [1.54, 1.807) is 19.2 Å². The second kappa shape index (κ2) is 5.52. The molecule has 2 aromatic carbocycles. The zero-order valence-corrected chi connectivity index (χ0v) is 11.0. The summed E-state index contributed by atoms with van der Waals surface area (Å²) >= 11 is 0. The molecule has 0 aliphatic rings. The first-order valence-electron chi connectivity index (χ1n) is 5.99. The fraction of sp³-hybridized carbons (Fsp3) is 0.200. The van der Waals surface area contributed by atoms with E-state index in [-0.39, 0.29) is 11.5 Å². The van der Waals surface area contributed by atoms with Crippen molar-refractivity contribution in [2.24, 2.45) is 0 Å². The van der Waals surface area contributed by atoms with Crippen molar-refractivity contribution in [2.75, 3.05) is 12.4 Å². The van der Waals surface area contributed by atoms with Crippen molar-refractivity contribution in [1.29, 1.82) is 0 Å². The smallest absolute Gasteiger partial charge is 0.142 e. The molecule has 0 aliphatic carbocycles. The number of aromatic hydroxyl groups is 2. The maximum Gasteiger partial charge on any atom is 0.142 e. The maximum absolute atomic E-state index is 9.71. The van der Waals surface area contributed by atoms with Crippen molar-refractivity contribution in [1.82, 2.24) is 0 Å². The van der Waals surface area contributed by atoms with Crippen LogP contribution in [-0.4, -0.2) is 17.3 Å². The fourth-order valence-corrected chi connectivity index (χ4v) is 1.84. The topological polar surface area (TPSA) is 61.7 Å². The van der Waals surface area contributed by atoms with Crippen LogP contribution in [0.4, 0.5) is 5.69 Å². The van der Waals surface area contributed by atoms with E-state index in [1.165, 1.54) is 6.07 Å². The third-order valence-electron chi connectivity index (χ3n) is 2.90. The van der Waals surface area contributed by atoms with Crippen molar-refractivity contribution < 1.29 is 14.9 Å². The van der Waals surface area contributed by atoms with Crippen LogP contribution in [0.25, 0.3) is 0 Å². The van der Waals surface area contributed by atoms with Gasteiger partial charge < -0.3 is 20.3 Å². The first-order chi connectivity index (χ1) is 9.10. The summed E-state index contributed by atoms with van der Waals surface area (Å²) in [5, 5.41) is 22.1. The van der Waals surface area contributed by atoms with Crippen LogP contribution in [0.2, 0.25) is 0 Å². The van der Waals surface area contributed by atoms with E-state index in [9.17, 15) is 10.2 Å². The quantitative estimate of drug-likeness (QED) is 0.789. The molecule has 0 amide bonds. The van der Waals surface area contributed by atoms with Gasteiger partial charge >= 0.3 is 0 Å². The monoisotopic (exact) mass is 259 g/mol. The molecular weight excluding hydrogens is 242 g/mol. The molecule has 0 fully saturated rings. The second-order valence-corrected chi connectivity index (χ2v) is 4.37. The van der Waals surface area contributed by atoms with Crippen molar-refractivity contribution >= 4 is 5.69 Å². The molecule has 3 N–H and O–H groups in total. The Morgan fingerprint density at radius 1 is 1.11 bits per heavy atom. The number of anilines is 1. The number of hydrogen-bond donors (Lipinski definition) is 3. The third-order valence-corrected chi connectivity index (χ3v) is 2.90. The number of hydrogen-bond acceptors (Lipinski definition) is 4. The highest BCUT2D eigenvalue weighted by atomic mass is 16.5. The number of aryl methyl sites for hydroxylation is 1. The summed E-state index contributed by atoms with van der Waals surface area (Å²) in [6.45, 7) is 2.45. The van der Waals surface area contributed by atoms with Crippen molar-refractivity contribution in [3.8, 4) is 17.2 Å². The maximum atomic E-state index is 9.71. The highest BCUT2D eigenvalue weighted by Gasteiger charge is 2.05. The molecule has 0 unspecified atom stereocenters. The minimum absolute atomic E-state index is 0.0502. The van der Waals surface area contributed by atoms with Gasteiger partial charge in [-0.3, -0.25) is 0 Å². The predicted molar refractivity (Wildman–Crippen MR) is 74.8 cm³/mol. The van der Waals surface area contributed by atoms with Gasteiger partial charge in [-0.05, 0) is 36.8 Å². The standard InChI is InChI=1S/C15H17NO3/c1-10-3-6-13(15(7-10)19-2)16-9-11-4-5-12(17)8-14(11)18/h3-8,16-18H,9H2,1-2H3. The summed E-state index contributed by atoms with van der Waals surface area (Å²) in [6.07, 6.45) is 0. The van der Waals surface area contributed by atoms with Gasteiger partial charge in [-0.2, -0.15) is 0 Å². The molecule has 100 valence electrons. The lowest BCUT2D eigenvalue weighted by atomic mass is 10.1. The Balaban J connectivity index is 2.14. The Bertz CT molecular complexity index is 582. The van der Waals surface area contributed by atoms with Crippen LogP contribution >= 0.6 is 0 Å². The molecule has 4 nitrogen and oxygen atoms in total. The number of benzene rings is 2. The van der Waals surface area contributed by atoms with E-state index in [0.717, 1.165) is 17.0 Å². The molecular formula is C15H17NO3. The highest BCUT2D eigenvalue weighted by Crippen LogP contribution is 2.28. The van der Waals surface area contributed by atoms with Gasteiger partial charge in [0.25, 0.3) is 0 Å². The van der Waals surface area contributed by atoms with Crippen molar-refractivity contribution in [2.45, 2.75) is 13.5 Å². The molecule has 19 heavy (non-hydrogen) atoms. The molecule has 2 rings (SSSR count). The lowest BCUT2D eigenvalue weighted by molar-refractivity contribution is 0.416. The molecule has 0 aromatic heterocycles. The van der Waals surface area contributed by atoms with E-state index in [2.05, 4.69) is 5.32 Å². The van der Waals surface area contributed by atoms with Crippen LogP contribution < -0.4 is 10.1 Å². The van der Waals surface area contributed by atoms with Crippen molar-refractivity contribution in [3.63, 3.8) is 0 Å². The van der Waals surface area contributed by atoms with Crippen LogP contribution in [0, 0.1) is 6.92 Å². The lowest BCUT2D eigenvalue weighted by Crippen LogP contribution is -2.01. The van der Waals surface area contributed by atoms with Gasteiger partial charge in [0.15, 0.2) is 0 Å². The van der Waals surface area contributed by atoms with Crippen LogP contribution in [0.5, 0.6) is 17.2 Å².